The minimum absolute atomic E-state index is 0.171. The van der Waals surface area contributed by atoms with Crippen LogP contribution in [0.15, 0.2) is 16.5 Å². The first-order valence-corrected chi connectivity index (χ1v) is 4.72. The minimum atomic E-state index is -0.171. The lowest BCUT2D eigenvalue weighted by Gasteiger charge is -2.01. The third-order valence-electron chi connectivity index (χ3n) is 1.41. The Kier molecular flexibility index (Phi) is 3.66. The lowest BCUT2D eigenvalue weighted by molar-refractivity contribution is 0.280. The Morgan fingerprint density at radius 3 is 3.00 bits per heavy atom. The van der Waals surface area contributed by atoms with Crippen molar-refractivity contribution in [3.63, 3.8) is 0 Å². The van der Waals surface area contributed by atoms with Gasteiger partial charge >= 0.3 is 0 Å². The standard InChI is InChI=1S/C7H9N3O2S/c1-13-7-8-2-5(4-11)6(10-7)3-9-12/h2-3,11-12H,4H2,1H3/b9-3+. The fourth-order valence-electron chi connectivity index (χ4n) is 0.790. The summed E-state index contributed by atoms with van der Waals surface area (Å²) in [7, 11) is 0. The van der Waals surface area contributed by atoms with E-state index in [1.807, 2.05) is 6.26 Å². The molecule has 5 nitrogen and oxygen atoms in total. The Hall–Kier alpha value is -1.14. The molecular formula is C7H9N3O2S. The van der Waals surface area contributed by atoms with Gasteiger partial charge in [0.2, 0.25) is 0 Å². The number of aliphatic hydroxyl groups excluding tert-OH is 1. The number of thioether (sulfide) groups is 1. The highest BCUT2D eigenvalue weighted by Gasteiger charge is 2.03. The van der Waals surface area contributed by atoms with Crippen LogP contribution in [0.3, 0.4) is 0 Å². The largest absolute Gasteiger partial charge is 0.411 e. The number of rotatable bonds is 3. The fourth-order valence-corrected chi connectivity index (χ4v) is 1.14. The highest BCUT2D eigenvalue weighted by atomic mass is 32.2. The maximum absolute atomic E-state index is 8.88. The molecule has 1 heterocycles. The lowest BCUT2D eigenvalue weighted by Crippen LogP contribution is -2.00. The van der Waals surface area contributed by atoms with E-state index < -0.39 is 0 Å². The number of aromatic nitrogens is 2. The summed E-state index contributed by atoms with van der Waals surface area (Å²) in [4.78, 5) is 7.99. The number of hydrogen-bond donors (Lipinski definition) is 2. The quantitative estimate of drug-likeness (QED) is 0.244. The van der Waals surface area contributed by atoms with Crippen molar-refractivity contribution in [2.24, 2.45) is 5.16 Å². The van der Waals surface area contributed by atoms with Crippen molar-refractivity contribution in [2.75, 3.05) is 6.26 Å². The second kappa shape index (κ2) is 4.78. The number of hydrogen-bond acceptors (Lipinski definition) is 6. The van der Waals surface area contributed by atoms with E-state index in [0.29, 0.717) is 16.4 Å². The molecule has 0 unspecified atom stereocenters. The van der Waals surface area contributed by atoms with Gasteiger partial charge in [-0.25, -0.2) is 9.97 Å². The van der Waals surface area contributed by atoms with Gasteiger partial charge in [0.1, 0.15) is 0 Å². The predicted molar refractivity (Wildman–Crippen MR) is 49.1 cm³/mol. The minimum Gasteiger partial charge on any atom is -0.411 e. The summed E-state index contributed by atoms with van der Waals surface area (Å²) in [6.45, 7) is -0.171. The van der Waals surface area contributed by atoms with Crippen LogP contribution in [0.2, 0.25) is 0 Å². The highest BCUT2D eigenvalue weighted by molar-refractivity contribution is 7.98. The normalized spacial score (nSPS) is 10.9. The summed E-state index contributed by atoms with van der Waals surface area (Å²) in [6, 6.07) is 0. The van der Waals surface area contributed by atoms with E-state index in [0.717, 1.165) is 0 Å². The zero-order chi connectivity index (χ0) is 9.68. The lowest BCUT2D eigenvalue weighted by atomic mass is 10.2. The van der Waals surface area contributed by atoms with Crippen LogP contribution in [-0.2, 0) is 6.61 Å². The Balaban J connectivity index is 3.09. The second-order valence-electron chi connectivity index (χ2n) is 2.17. The third kappa shape index (κ3) is 2.40. The molecular weight excluding hydrogens is 190 g/mol. The first-order valence-electron chi connectivity index (χ1n) is 3.50. The van der Waals surface area contributed by atoms with E-state index in [4.69, 9.17) is 10.3 Å². The molecule has 0 atom stereocenters. The van der Waals surface area contributed by atoms with Crippen LogP contribution < -0.4 is 0 Å². The molecule has 1 rings (SSSR count). The van der Waals surface area contributed by atoms with Crippen molar-refractivity contribution in [3.8, 4) is 0 Å². The Morgan fingerprint density at radius 2 is 2.46 bits per heavy atom. The number of nitrogens with zero attached hydrogens (tertiary/aromatic N) is 3. The first-order chi connectivity index (χ1) is 6.31. The van der Waals surface area contributed by atoms with Gasteiger partial charge in [-0.1, -0.05) is 16.9 Å². The molecule has 13 heavy (non-hydrogen) atoms. The third-order valence-corrected chi connectivity index (χ3v) is 1.97. The fraction of sp³-hybridized carbons (Fsp3) is 0.286. The van der Waals surface area contributed by atoms with Crippen LogP contribution in [0.1, 0.15) is 11.3 Å². The van der Waals surface area contributed by atoms with Gasteiger partial charge in [0.05, 0.1) is 18.5 Å². The maximum Gasteiger partial charge on any atom is 0.187 e. The van der Waals surface area contributed by atoms with Gasteiger partial charge in [0, 0.05) is 11.8 Å². The highest BCUT2D eigenvalue weighted by Crippen LogP contribution is 2.10. The summed E-state index contributed by atoms with van der Waals surface area (Å²) in [5.74, 6) is 0. The molecule has 0 radical (unpaired) electrons. The average Bonchev–Trinajstić information content (AvgIpc) is 2.18. The van der Waals surface area contributed by atoms with Gasteiger partial charge in [0.15, 0.2) is 5.16 Å². The summed E-state index contributed by atoms with van der Waals surface area (Å²) in [5.41, 5.74) is 0.972. The van der Waals surface area contributed by atoms with Crippen LogP contribution in [0.25, 0.3) is 0 Å². The zero-order valence-corrected chi connectivity index (χ0v) is 7.82. The molecule has 1 aromatic heterocycles. The molecule has 0 bridgehead atoms. The smallest absolute Gasteiger partial charge is 0.187 e. The molecule has 0 aromatic carbocycles. The van der Waals surface area contributed by atoms with Crippen LogP contribution >= 0.6 is 11.8 Å². The van der Waals surface area contributed by atoms with E-state index >= 15 is 0 Å². The summed E-state index contributed by atoms with van der Waals surface area (Å²) >= 11 is 1.38. The molecule has 70 valence electrons. The molecule has 0 aliphatic heterocycles. The molecule has 0 saturated heterocycles. The van der Waals surface area contributed by atoms with E-state index in [-0.39, 0.29) is 6.61 Å². The molecule has 0 aliphatic rings. The molecule has 0 saturated carbocycles. The Bertz CT molecular complexity index is 317. The molecule has 6 heteroatoms. The van der Waals surface area contributed by atoms with E-state index in [1.54, 1.807) is 0 Å². The van der Waals surface area contributed by atoms with Crippen LogP contribution in [-0.4, -0.2) is 32.8 Å². The average molecular weight is 199 g/mol. The van der Waals surface area contributed by atoms with Gasteiger partial charge in [-0.3, -0.25) is 0 Å². The molecule has 0 amide bonds. The van der Waals surface area contributed by atoms with Gasteiger partial charge in [0.25, 0.3) is 0 Å². The van der Waals surface area contributed by atoms with Gasteiger partial charge in [-0.05, 0) is 6.26 Å². The van der Waals surface area contributed by atoms with Crippen molar-refractivity contribution in [2.45, 2.75) is 11.8 Å². The molecule has 0 fully saturated rings. The topological polar surface area (TPSA) is 78.6 Å². The molecule has 1 aromatic rings. The van der Waals surface area contributed by atoms with Crippen LogP contribution in [0.4, 0.5) is 0 Å². The molecule has 0 aliphatic carbocycles. The summed E-state index contributed by atoms with van der Waals surface area (Å²) < 4.78 is 0. The van der Waals surface area contributed by atoms with Crippen LogP contribution in [0.5, 0.6) is 0 Å². The van der Waals surface area contributed by atoms with Crippen molar-refractivity contribution >= 4 is 18.0 Å². The van der Waals surface area contributed by atoms with E-state index in [2.05, 4.69) is 15.1 Å². The number of oxime groups is 1. The van der Waals surface area contributed by atoms with Crippen molar-refractivity contribution in [3.05, 3.63) is 17.5 Å². The second-order valence-corrected chi connectivity index (χ2v) is 2.94. The van der Waals surface area contributed by atoms with Gasteiger partial charge in [-0.2, -0.15) is 0 Å². The Morgan fingerprint density at radius 1 is 1.69 bits per heavy atom. The number of aliphatic hydroxyl groups is 1. The van der Waals surface area contributed by atoms with Crippen molar-refractivity contribution in [1.29, 1.82) is 0 Å². The van der Waals surface area contributed by atoms with Crippen LogP contribution in [0, 0.1) is 0 Å². The van der Waals surface area contributed by atoms with Crippen molar-refractivity contribution < 1.29 is 10.3 Å². The van der Waals surface area contributed by atoms with E-state index in [9.17, 15) is 0 Å². The summed E-state index contributed by atoms with van der Waals surface area (Å²) in [6.07, 6.45) is 4.52. The molecule has 2 N–H and O–H groups in total. The zero-order valence-electron chi connectivity index (χ0n) is 7.01. The monoisotopic (exact) mass is 199 g/mol. The SMILES string of the molecule is CSc1ncc(CO)c(/C=N/O)n1. The van der Waals surface area contributed by atoms with Gasteiger partial charge in [-0.15, -0.1) is 0 Å². The van der Waals surface area contributed by atoms with E-state index in [1.165, 1.54) is 24.2 Å². The molecule has 0 spiro atoms. The maximum atomic E-state index is 8.88. The summed E-state index contributed by atoms with van der Waals surface area (Å²) in [5, 5.41) is 20.6. The first kappa shape index (κ1) is 9.94. The Labute approximate surface area is 79.5 Å². The predicted octanol–water partition coefficient (Wildman–Crippen LogP) is 0.499. The van der Waals surface area contributed by atoms with Crippen molar-refractivity contribution in [1.82, 2.24) is 9.97 Å². The van der Waals surface area contributed by atoms with Gasteiger partial charge < -0.3 is 10.3 Å².